The lowest BCUT2D eigenvalue weighted by atomic mass is 9.77. The van der Waals surface area contributed by atoms with Crippen LogP contribution in [0.4, 0.5) is 0 Å². The summed E-state index contributed by atoms with van der Waals surface area (Å²) in [6.45, 7) is 10.2. The highest BCUT2D eigenvalue weighted by Gasteiger charge is 2.49. The molecule has 0 aromatic heterocycles. The highest BCUT2D eigenvalue weighted by Crippen LogP contribution is 2.42. The van der Waals surface area contributed by atoms with E-state index in [2.05, 4.69) is 48.3 Å². The maximum Gasteiger partial charge on any atom is 0.0935 e. The summed E-state index contributed by atoms with van der Waals surface area (Å²) >= 11 is 2.49. The van der Waals surface area contributed by atoms with E-state index in [4.69, 9.17) is 4.74 Å². The highest BCUT2D eigenvalue weighted by atomic mass is 127. The van der Waals surface area contributed by atoms with E-state index in [1.54, 1.807) is 0 Å². The minimum atomic E-state index is 0.232. The lowest BCUT2D eigenvalue weighted by molar-refractivity contribution is -0.198. The van der Waals surface area contributed by atoms with E-state index in [0.717, 1.165) is 19.7 Å². The Bertz CT molecular complexity index is 226. The smallest absolute Gasteiger partial charge is 0.0935 e. The topological polar surface area (TPSA) is 12.5 Å². The number of hydrogen-bond acceptors (Lipinski definition) is 2. The van der Waals surface area contributed by atoms with Gasteiger partial charge in [0.2, 0.25) is 0 Å². The van der Waals surface area contributed by atoms with Crippen molar-refractivity contribution in [2.45, 2.75) is 45.3 Å². The lowest BCUT2D eigenvalue weighted by Gasteiger charge is -2.56. The zero-order chi connectivity index (χ0) is 11.1. The first-order chi connectivity index (χ1) is 6.99. The van der Waals surface area contributed by atoms with Crippen LogP contribution >= 0.6 is 22.6 Å². The van der Waals surface area contributed by atoms with Gasteiger partial charge in [-0.15, -0.1) is 0 Å². The van der Waals surface area contributed by atoms with Crippen LogP contribution in [0.25, 0.3) is 0 Å². The molecular formula is C12H22INO. The molecule has 0 saturated carbocycles. The van der Waals surface area contributed by atoms with Crippen LogP contribution in [-0.2, 0) is 4.74 Å². The van der Waals surface area contributed by atoms with Crippen LogP contribution in [-0.4, -0.2) is 40.7 Å². The van der Waals surface area contributed by atoms with E-state index in [9.17, 15) is 0 Å². The first-order valence-electron chi connectivity index (χ1n) is 5.93. The van der Waals surface area contributed by atoms with Crippen molar-refractivity contribution in [3.05, 3.63) is 0 Å². The van der Waals surface area contributed by atoms with E-state index in [1.807, 2.05) is 0 Å². The molecule has 1 unspecified atom stereocenters. The Morgan fingerprint density at radius 1 is 1.33 bits per heavy atom. The Kier molecular flexibility index (Phi) is 3.35. The summed E-state index contributed by atoms with van der Waals surface area (Å²) in [6, 6.07) is 0.678. The van der Waals surface area contributed by atoms with E-state index in [1.165, 1.54) is 17.3 Å². The van der Waals surface area contributed by atoms with Gasteiger partial charge in [-0.25, -0.2) is 0 Å². The van der Waals surface area contributed by atoms with Gasteiger partial charge in [0.25, 0.3) is 0 Å². The van der Waals surface area contributed by atoms with Crippen LogP contribution in [0, 0.1) is 5.41 Å². The van der Waals surface area contributed by atoms with Gasteiger partial charge in [0.15, 0.2) is 0 Å². The highest BCUT2D eigenvalue weighted by molar-refractivity contribution is 14.1. The molecule has 1 spiro atoms. The van der Waals surface area contributed by atoms with Crippen molar-refractivity contribution in [1.29, 1.82) is 0 Å². The fraction of sp³-hybridized carbons (Fsp3) is 1.00. The molecular weight excluding hydrogens is 301 g/mol. The van der Waals surface area contributed by atoms with E-state index >= 15 is 0 Å². The fourth-order valence-electron chi connectivity index (χ4n) is 2.42. The third-order valence-electron chi connectivity index (χ3n) is 3.95. The summed E-state index contributed by atoms with van der Waals surface area (Å²) in [4.78, 5) is 2.51. The average Bonchev–Trinajstić information content (AvgIpc) is 2.16. The van der Waals surface area contributed by atoms with E-state index in [0.29, 0.717) is 11.5 Å². The molecule has 0 N–H and O–H groups in total. The molecule has 2 aliphatic heterocycles. The van der Waals surface area contributed by atoms with Gasteiger partial charge in [-0.3, -0.25) is 4.90 Å². The van der Waals surface area contributed by atoms with Crippen LogP contribution in [0.1, 0.15) is 33.6 Å². The Balaban J connectivity index is 1.85. The Hall–Kier alpha value is 0.650. The molecule has 88 valence electrons. The molecule has 0 amide bonds. The number of likely N-dealkylation sites (tertiary alicyclic amines) is 1. The molecule has 3 heteroatoms. The van der Waals surface area contributed by atoms with Crippen molar-refractivity contribution in [2.75, 3.05) is 24.1 Å². The van der Waals surface area contributed by atoms with Crippen LogP contribution in [0.15, 0.2) is 0 Å². The normalized spacial score (nSPS) is 35.8. The Morgan fingerprint density at radius 2 is 2.00 bits per heavy atom. The maximum atomic E-state index is 6.14. The number of hydrogen-bond donors (Lipinski definition) is 0. The fourth-order valence-corrected chi connectivity index (χ4v) is 3.02. The summed E-state index contributed by atoms with van der Waals surface area (Å²) < 4.78 is 7.36. The minimum absolute atomic E-state index is 0.232. The average molecular weight is 323 g/mol. The number of rotatable bonds is 2. The first-order valence-corrected chi connectivity index (χ1v) is 7.45. The number of nitrogens with zero attached hydrogens (tertiary/aromatic N) is 1. The van der Waals surface area contributed by atoms with Crippen molar-refractivity contribution in [3.8, 4) is 0 Å². The zero-order valence-corrected chi connectivity index (χ0v) is 12.2. The van der Waals surface area contributed by atoms with Crippen LogP contribution in [0.3, 0.4) is 0 Å². The van der Waals surface area contributed by atoms with Gasteiger partial charge in [0, 0.05) is 23.6 Å². The SMILES string of the molecule is CC(C)N1CC2(CCC(C)(CI)CO2)C1. The maximum absolute atomic E-state index is 6.14. The van der Waals surface area contributed by atoms with Gasteiger partial charge in [-0.2, -0.15) is 0 Å². The second kappa shape index (κ2) is 4.15. The monoisotopic (exact) mass is 323 g/mol. The van der Waals surface area contributed by atoms with Crippen molar-refractivity contribution >= 4 is 22.6 Å². The van der Waals surface area contributed by atoms with E-state index in [-0.39, 0.29) is 5.60 Å². The van der Waals surface area contributed by atoms with Gasteiger partial charge in [-0.05, 0) is 32.1 Å². The van der Waals surface area contributed by atoms with Crippen LogP contribution < -0.4 is 0 Å². The largest absolute Gasteiger partial charge is 0.372 e. The molecule has 2 heterocycles. The predicted molar refractivity (Wildman–Crippen MR) is 71.6 cm³/mol. The zero-order valence-electron chi connectivity index (χ0n) is 10.1. The summed E-state index contributed by atoms with van der Waals surface area (Å²) in [5.74, 6) is 0. The molecule has 2 aliphatic rings. The summed E-state index contributed by atoms with van der Waals surface area (Å²) in [5, 5.41) is 0. The second-order valence-electron chi connectivity index (χ2n) is 5.91. The van der Waals surface area contributed by atoms with Crippen molar-refractivity contribution in [3.63, 3.8) is 0 Å². The molecule has 2 rings (SSSR count). The summed E-state index contributed by atoms with van der Waals surface area (Å²) in [7, 11) is 0. The van der Waals surface area contributed by atoms with Gasteiger partial charge in [-0.1, -0.05) is 29.5 Å². The third-order valence-corrected chi connectivity index (χ3v) is 5.79. The Morgan fingerprint density at radius 3 is 2.40 bits per heavy atom. The summed E-state index contributed by atoms with van der Waals surface area (Å²) in [5.41, 5.74) is 0.666. The molecule has 0 aliphatic carbocycles. The van der Waals surface area contributed by atoms with Gasteiger partial charge in [0.05, 0.1) is 12.2 Å². The number of ether oxygens (including phenoxy) is 1. The standard InChI is InChI=1S/C12H22INO/c1-10(2)14-7-12(8-14)5-4-11(3,6-13)9-15-12/h10H,4-9H2,1-3H3. The molecule has 2 fully saturated rings. The van der Waals surface area contributed by atoms with Crippen molar-refractivity contribution < 1.29 is 4.74 Å². The minimum Gasteiger partial charge on any atom is -0.372 e. The number of halogens is 1. The molecule has 2 saturated heterocycles. The van der Waals surface area contributed by atoms with Gasteiger partial charge >= 0.3 is 0 Å². The quantitative estimate of drug-likeness (QED) is 0.572. The molecule has 0 bridgehead atoms. The molecule has 2 nitrogen and oxygen atoms in total. The van der Waals surface area contributed by atoms with Crippen molar-refractivity contribution in [2.24, 2.45) is 5.41 Å². The molecule has 1 atom stereocenters. The second-order valence-corrected chi connectivity index (χ2v) is 6.68. The van der Waals surface area contributed by atoms with Gasteiger partial charge < -0.3 is 4.74 Å². The Labute approximate surface area is 107 Å². The third kappa shape index (κ3) is 2.34. The first kappa shape index (κ1) is 12.1. The van der Waals surface area contributed by atoms with E-state index < -0.39 is 0 Å². The van der Waals surface area contributed by atoms with Crippen LogP contribution in [0.5, 0.6) is 0 Å². The molecule has 15 heavy (non-hydrogen) atoms. The summed E-state index contributed by atoms with van der Waals surface area (Å²) in [6.07, 6.45) is 2.59. The molecule has 0 radical (unpaired) electrons. The van der Waals surface area contributed by atoms with Crippen molar-refractivity contribution in [1.82, 2.24) is 4.90 Å². The van der Waals surface area contributed by atoms with Crippen LogP contribution in [0.2, 0.25) is 0 Å². The van der Waals surface area contributed by atoms with Gasteiger partial charge in [0.1, 0.15) is 0 Å². The molecule has 0 aromatic rings. The number of alkyl halides is 1. The predicted octanol–water partition coefficient (Wildman–Crippen LogP) is 2.70. The lowest BCUT2D eigenvalue weighted by Crippen LogP contribution is -2.67. The molecule has 0 aromatic carbocycles.